The molecule has 0 aliphatic heterocycles. The Morgan fingerprint density at radius 3 is 2.37 bits per heavy atom. The summed E-state index contributed by atoms with van der Waals surface area (Å²) in [5, 5.41) is 10.4. The summed E-state index contributed by atoms with van der Waals surface area (Å²) in [5.74, 6) is -1.41. The Kier molecular flexibility index (Phi) is 8.02. The van der Waals surface area contributed by atoms with Crippen molar-refractivity contribution < 1.29 is 24.0 Å². The quantitative estimate of drug-likeness (QED) is 0.193. The van der Waals surface area contributed by atoms with Gasteiger partial charge in [0.1, 0.15) is 0 Å². The number of nitrogens with zero attached hydrogens (tertiary/aromatic N) is 1. The molecule has 1 unspecified atom stereocenters. The van der Waals surface area contributed by atoms with E-state index < -0.39 is 5.97 Å². The van der Waals surface area contributed by atoms with E-state index in [-0.39, 0.29) is 12.4 Å². The molecule has 0 aliphatic rings. The highest BCUT2D eigenvalue weighted by molar-refractivity contribution is 5.86. The first-order chi connectivity index (χ1) is 8.80. The van der Waals surface area contributed by atoms with Crippen molar-refractivity contribution in [1.29, 1.82) is 0 Å². The molecule has 6 heteroatoms. The summed E-state index contributed by atoms with van der Waals surface area (Å²) in [4.78, 5) is 21.5. The molecule has 0 aromatic carbocycles. The third-order valence-electron chi connectivity index (χ3n) is 2.95. The molecule has 110 valence electrons. The Balaban J connectivity index is 3.93. The van der Waals surface area contributed by atoms with Crippen LogP contribution in [0.15, 0.2) is 12.2 Å². The van der Waals surface area contributed by atoms with Gasteiger partial charge in [0.2, 0.25) is 0 Å². The van der Waals surface area contributed by atoms with Crippen LogP contribution in [0.25, 0.3) is 0 Å². The van der Waals surface area contributed by atoms with E-state index in [0.29, 0.717) is 36.2 Å². The van der Waals surface area contributed by atoms with Gasteiger partial charge in [0.15, 0.2) is 0 Å². The molecule has 0 aliphatic carbocycles. The number of hydrogen-bond donors (Lipinski definition) is 1. The Hall–Kier alpha value is -1.40. The zero-order valence-electron chi connectivity index (χ0n) is 12.0. The molecule has 0 fully saturated rings. The predicted octanol–water partition coefficient (Wildman–Crippen LogP) is -0.393. The number of carboxylic acids is 1. The Morgan fingerprint density at radius 2 is 1.89 bits per heavy atom. The van der Waals surface area contributed by atoms with Crippen LogP contribution in [0.1, 0.15) is 26.2 Å². The number of carboxylic acid groups (broad SMARTS) is 1. The molecule has 0 aromatic rings. The first-order valence-electron chi connectivity index (χ1n) is 6.37. The average Bonchev–Trinajstić information content (AvgIpc) is 2.33. The molecule has 0 spiro atoms. The smallest absolute Gasteiger partial charge is 0.333 e. The molecule has 0 amide bonds. The molecule has 6 nitrogen and oxygen atoms in total. The molecule has 19 heavy (non-hydrogen) atoms. The van der Waals surface area contributed by atoms with Gasteiger partial charge in [-0.25, -0.2) is 9.39 Å². The molecule has 0 saturated carbocycles. The molecular formula is C13H24N2O4. The molecule has 0 heterocycles. The fourth-order valence-electron chi connectivity index (χ4n) is 1.61. The number of esters is 1. The number of ether oxygens (including phenoxy) is 1. The topological polar surface area (TPSA) is 78.5 Å². The van der Waals surface area contributed by atoms with Gasteiger partial charge in [0, 0.05) is 31.4 Å². The van der Waals surface area contributed by atoms with Crippen molar-refractivity contribution in [2.24, 2.45) is 0 Å². The van der Waals surface area contributed by atoms with E-state index in [1.807, 2.05) is 14.1 Å². The third-order valence-corrected chi connectivity index (χ3v) is 2.95. The lowest BCUT2D eigenvalue weighted by Crippen LogP contribution is -2.54. The van der Waals surface area contributed by atoms with E-state index in [1.54, 1.807) is 6.92 Å². The zero-order valence-corrected chi connectivity index (χ0v) is 12.0. The molecular weight excluding hydrogens is 248 g/mol. The average molecular weight is 272 g/mol. The van der Waals surface area contributed by atoms with Gasteiger partial charge in [-0.2, -0.15) is 5.43 Å². The second-order valence-electron chi connectivity index (χ2n) is 4.81. The van der Waals surface area contributed by atoms with E-state index in [2.05, 4.69) is 12.0 Å². The Labute approximate surface area is 114 Å². The van der Waals surface area contributed by atoms with Crippen molar-refractivity contribution in [2.45, 2.75) is 26.2 Å². The highest BCUT2D eigenvalue weighted by atomic mass is 16.5. The van der Waals surface area contributed by atoms with E-state index >= 15 is 0 Å². The first-order valence-corrected chi connectivity index (χ1v) is 6.37. The lowest BCUT2D eigenvalue weighted by atomic mass is 10.2. The second kappa shape index (κ2) is 8.66. The van der Waals surface area contributed by atoms with Crippen LogP contribution in [0.5, 0.6) is 0 Å². The van der Waals surface area contributed by atoms with Crippen LogP contribution in [0.4, 0.5) is 0 Å². The van der Waals surface area contributed by atoms with Crippen molar-refractivity contribution >= 4 is 11.9 Å². The second-order valence-corrected chi connectivity index (χ2v) is 4.81. The van der Waals surface area contributed by atoms with Crippen molar-refractivity contribution in [3.8, 4) is 0 Å². The number of aliphatic carboxylic acids is 1. The predicted molar refractivity (Wildman–Crippen MR) is 69.6 cm³/mol. The minimum absolute atomic E-state index is 0.0557. The van der Waals surface area contributed by atoms with Crippen LogP contribution in [-0.2, 0) is 14.3 Å². The van der Waals surface area contributed by atoms with Gasteiger partial charge in [-0.15, -0.1) is 0 Å². The summed E-state index contributed by atoms with van der Waals surface area (Å²) in [6.07, 6.45) is 1.30. The molecule has 0 aromatic heterocycles. The van der Waals surface area contributed by atoms with Crippen LogP contribution >= 0.6 is 0 Å². The van der Waals surface area contributed by atoms with Gasteiger partial charge in [-0.3, -0.25) is 0 Å². The molecule has 0 bridgehead atoms. The molecule has 1 atom stereocenters. The van der Waals surface area contributed by atoms with Crippen molar-refractivity contribution in [3.05, 3.63) is 12.2 Å². The van der Waals surface area contributed by atoms with Crippen LogP contribution in [-0.4, -0.2) is 50.3 Å². The normalized spacial score (nSPS) is 13.6. The van der Waals surface area contributed by atoms with Crippen LogP contribution in [0.3, 0.4) is 0 Å². The number of carbonyl (C=O) groups excluding carboxylic acids is 2. The van der Waals surface area contributed by atoms with Gasteiger partial charge in [-0.05, 0) is 13.3 Å². The van der Waals surface area contributed by atoms with Gasteiger partial charge in [0.25, 0.3) is 0 Å². The summed E-state index contributed by atoms with van der Waals surface area (Å²) >= 11 is 0. The molecule has 0 rings (SSSR count). The van der Waals surface area contributed by atoms with E-state index in [4.69, 9.17) is 4.74 Å². The summed E-state index contributed by atoms with van der Waals surface area (Å²) < 4.78 is 5.53. The minimum atomic E-state index is -1.03. The maximum atomic E-state index is 11.2. The third kappa shape index (κ3) is 8.34. The van der Waals surface area contributed by atoms with Crippen molar-refractivity contribution in [2.75, 3.05) is 33.8 Å². The molecule has 0 saturated heterocycles. The summed E-state index contributed by atoms with van der Waals surface area (Å²) in [6, 6.07) is 0. The molecule has 0 radical (unpaired) electrons. The lowest BCUT2D eigenvalue weighted by molar-refractivity contribution is -0.950. The summed E-state index contributed by atoms with van der Waals surface area (Å²) in [6.45, 7) is 6.87. The maximum Gasteiger partial charge on any atom is 0.333 e. The Morgan fingerprint density at radius 1 is 1.32 bits per heavy atom. The lowest BCUT2D eigenvalue weighted by Gasteiger charge is -2.32. The van der Waals surface area contributed by atoms with Crippen molar-refractivity contribution in [3.63, 3.8) is 0 Å². The number of quaternary nitrogens is 1. The van der Waals surface area contributed by atoms with Gasteiger partial charge in [-0.1, -0.05) is 6.58 Å². The van der Waals surface area contributed by atoms with Gasteiger partial charge in [0.05, 0.1) is 26.7 Å². The monoisotopic (exact) mass is 272 g/mol. The fraction of sp³-hybridized carbons (Fsp3) is 0.692. The Bertz CT molecular complexity index is 331. The standard InChI is InChI=1S/C13H24N2O4/c1-11(2)13(18)19-10-6-9-15(4,14-3)8-5-7-12(16)17/h14H,1,5-10H2,2-4H3. The minimum Gasteiger partial charge on any atom is -0.550 e. The van der Waals surface area contributed by atoms with Crippen LogP contribution < -0.4 is 10.5 Å². The SMILES string of the molecule is C=C(C)C(=O)OCCC[N+](C)(CCCC(=O)[O-])NC. The number of nitrogens with one attached hydrogen (secondary N) is 1. The van der Waals surface area contributed by atoms with Crippen LogP contribution in [0, 0.1) is 0 Å². The largest absolute Gasteiger partial charge is 0.550 e. The molecule has 1 N–H and O–H groups in total. The van der Waals surface area contributed by atoms with Crippen molar-refractivity contribution in [1.82, 2.24) is 5.43 Å². The number of carbonyl (C=O) groups is 2. The van der Waals surface area contributed by atoms with E-state index in [9.17, 15) is 14.7 Å². The fourth-order valence-corrected chi connectivity index (χ4v) is 1.61. The number of rotatable bonds is 10. The first kappa shape index (κ1) is 17.6. The van der Waals surface area contributed by atoms with Gasteiger partial charge >= 0.3 is 5.97 Å². The van der Waals surface area contributed by atoms with Crippen LogP contribution in [0.2, 0.25) is 0 Å². The number of hydrogen-bond acceptors (Lipinski definition) is 5. The summed E-state index contributed by atoms with van der Waals surface area (Å²) in [5.41, 5.74) is 3.52. The van der Waals surface area contributed by atoms with E-state index in [1.165, 1.54) is 0 Å². The summed E-state index contributed by atoms with van der Waals surface area (Å²) in [7, 11) is 3.79. The maximum absolute atomic E-state index is 11.2. The van der Waals surface area contributed by atoms with E-state index in [0.717, 1.165) is 6.54 Å². The van der Waals surface area contributed by atoms with Gasteiger partial charge < -0.3 is 14.6 Å². The highest BCUT2D eigenvalue weighted by Gasteiger charge is 2.19. The highest BCUT2D eigenvalue weighted by Crippen LogP contribution is 2.03. The zero-order chi connectivity index (χ0) is 14.9.